The summed E-state index contributed by atoms with van der Waals surface area (Å²) in [7, 11) is 0. The first-order chi connectivity index (χ1) is 13.7. The number of hydrogen-bond donors (Lipinski definition) is 2. The smallest absolute Gasteiger partial charge is 0.321 e. The zero-order valence-electron chi connectivity index (χ0n) is 15.4. The number of piperidine rings is 1. The summed E-state index contributed by atoms with van der Waals surface area (Å²) in [5, 5.41) is 6.12. The fraction of sp³-hybridized carbons (Fsp3) is 0.350. The summed E-state index contributed by atoms with van der Waals surface area (Å²) >= 11 is 1.73. The van der Waals surface area contributed by atoms with E-state index in [1.807, 2.05) is 18.2 Å². The monoisotopic (exact) mass is 398 g/mol. The second-order valence-corrected chi connectivity index (χ2v) is 7.97. The van der Waals surface area contributed by atoms with Crippen molar-refractivity contribution < 1.29 is 14.0 Å². The Morgan fingerprint density at radius 2 is 2.14 bits per heavy atom. The Bertz CT molecular complexity index is 920. The lowest BCUT2D eigenvalue weighted by atomic mass is 9.99. The number of thiazole rings is 1. The van der Waals surface area contributed by atoms with E-state index in [9.17, 15) is 9.59 Å². The molecular formula is C20H22N4O3S. The van der Waals surface area contributed by atoms with Crippen LogP contribution in [-0.4, -0.2) is 41.5 Å². The second-order valence-electron chi connectivity index (χ2n) is 6.90. The molecule has 8 heteroatoms. The van der Waals surface area contributed by atoms with Crippen molar-refractivity contribution in [1.82, 2.24) is 20.5 Å². The van der Waals surface area contributed by atoms with Crippen LogP contribution >= 0.6 is 11.3 Å². The molecule has 4 rings (SSSR count). The van der Waals surface area contributed by atoms with Crippen molar-refractivity contribution in [3.63, 3.8) is 0 Å². The lowest BCUT2D eigenvalue weighted by Gasteiger charge is -2.31. The predicted octanol–water partition coefficient (Wildman–Crippen LogP) is 3.09. The molecular weight excluding hydrogens is 376 g/mol. The van der Waals surface area contributed by atoms with Gasteiger partial charge in [0.1, 0.15) is 5.76 Å². The van der Waals surface area contributed by atoms with Gasteiger partial charge in [0.05, 0.1) is 34.6 Å². The van der Waals surface area contributed by atoms with Gasteiger partial charge in [-0.05, 0) is 43.7 Å². The normalized spacial score (nSPS) is 17.5. The molecule has 1 saturated heterocycles. The largest absolute Gasteiger partial charge is 0.467 e. The van der Waals surface area contributed by atoms with Crippen LogP contribution in [0, 0.1) is 0 Å². The van der Waals surface area contributed by atoms with E-state index >= 15 is 0 Å². The average Bonchev–Trinajstić information content (AvgIpc) is 3.36. The fourth-order valence-corrected chi connectivity index (χ4v) is 4.55. The number of urea groups is 1. The highest BCUT2D eigenvalue weighted by molar-refractivity contribution is 7.18. The summed E-state index contributed by atoms with van der Waals surface area (Å²) < 4.78 is 6.34. The van der Waals surface area contributed by atoms with Gasteiger partial charge < -0.3 is 9.73 Å². The number of fused-ring (bicyclic) bond motifs is 1. The summed E-state index contributed by atoms with van der Waals surface area (Å²) in [5.41, 5.74) is 1.03. The molecule has 3 amide bonds. The lowest BCUT2D eigenvalue weighted by molar-refractivity contribution is -0.121. The van der Waals surface area contributed by atoms with E-state index in [0.717, 1.165) is 36.5 Å². The molecule has 0 aliphatic carbocycles. The maximum atomic E-state index is 12.2. The number of para-hydroxylation sites is 1. The molecule has 3 aromatic rings. The molecule has 1 aliphatic heterocycles. The van der Waals surface area contributed by atoms with Crippen LogP contribution in [-0.2, 0) is 11.3 Å². The first-order valence-electron chi connectivity index (χ1n) is 9.35. The van der Waals surface area contributed by atoms with Crippen LogP contribution in [0.15, 0.2) is 47.1 Å². The van der Waals surface area contributed by atoms with Gasteiger partial charge in [0, 0.05) is 12.5 Å². The average molecular weight is 398 g/mol. The maximum absolute atomic E-state index is 12.2. The zero-order valence-corrected chi connectivity index (χ0v) is 16.2. The molecule has 1 fully saturated rings. The van der Waals surface area contributed by atoms with Gasteiger partial charge in [0.15, 0.2) is 0 Å². The quantitative estimate of drug-likeness (QED) is 0.690. The Balaban J connectivity index is 1.28. The molecule has 0 unspecified atom stereocenters. The summed E-state index contributed by atoms with van der Waals surface area (Å²) in [6.45, 7) is 2.08. The van der Waals surface area contributed by atoms with E-state index in [1.54, 1.807) is 23.5 Å². The van der Waals surface area contributed by atoms with Crippen LogP contribution in [0.1, 0.15) is 29.5 Å². The van der Waals surface area contributed by atoms with Gasteiger partial charge in [0.2, 0.25) is 5.91 Å². The fourth-order valence-electron chi connectivity index (χ4n) is 3.46. The van der Waals surface area contributed by atoms with Gasteiger partial charge in [-0.3, -0.25) is 15.0 Å². The van der Waals surface area contributed by atoms with Crippen molar-refractivity contribution in [1.29, 1.82) is 0 Å². The minimum absolute atomic E-state index is 0.204. The van der Waals surface area contributed by atoms with Crippen LogP contribution in [0.2, 0.25) is 0 Å². The minimum Gasteiger partial charge on any atom is -0.467 e. The third-order valence-corrected chi connectivity index (χ3v) is 5.99. The second kappa shape index (κ2) is 8.53. The van der Waals surface area contributed by atoms with Crippen LogP contribution < -0.4 is 10.6 Å². The van der Waals surface area contributed by atoms with Crippen molar-refractivity contribution in [3.8, 4) is 0 Å². The first-order valence-corrected chi connectivity index (χ1v) is 10.2. The number of hydrogen-bond acceptors (Lipinski definition) is 6. The summed E-state index contributed by atoms with van der Waals surface area (Å²) in [5.74, 6) is 0.658. The van der Waals surface area contributed by atoms with E-state index < -0.39 is 6.03 Å². The molecule has 2 N–H and O–H groups in total. The van der Waals surface area contributed by atoms with Crippen molar-refractivity contribution >= 4 is 33.5 Å². The molecule has 1 aromatic carbocycles. The molecule has 1 atom stereocenters. The SMILES string of the molecule is O=C(CN1CCC[C@H](c2nc3ccccc3s2)C1)NC(=O)NCc1ccco1. The highest BCUT2D eigenvalue weighted by Crippen LogP contribution is 2.32. The number of carbonyl (C=O) groups excluding carboxylic acids is 2. The molecule has 0 spiro atoms. The zero-order chi connectivity index (χ0) is 19.3. The maximum Gasteiger partial charge on any atom is 0.321 e. The molecule has 1 aliphatic rings. The number of likely N-dealkylation sites (tertiary alicyclic amines) is 1. The Labute approximate surface area is 166 Å². The van der Waals surface area contributed by atoms with Crippen molar-refractivity contribution in [2.45, 2.75) is 25.3 Å². The van der Waals surface area contributed by atoms with Crippen molar-refractivity contribution in [2.75, 3.05) is 19.6 Å². The van der Waals surface area contributed by atoms with Gasteiger partial charge in [0.25, 0.3) is 0 Å². The van der Waals surface area contributed by atoms with E-state index in [4.69, 9.17) is 9.40 Å². The summed E-state index contributed by atoms with van der Waals surface area (Å²) in [6, 6.07) is 11.1. The van der Waals surface area contributed by atoms with E-state index in [-0.39, 0.29) is 19.0 Å². The predicted molar refractivity (Wildman–Crippen MR) is 107 cm³/mol. The number of nitrogens with one attached hydrogen (secondary N) is 2. The van der Waals surface area contributed by atoms with E-state index in [2.05, 4.69) is 21.6 Å². The standard InChI is InChI=1S/C20H22N4O3S/c25-18(23-20(26)21-11-15-6-4-10-27-15)13-24-9-3-5-14(12-24)19-22-16-7-1-2-8-17(16)28-19/h1-2,4,6-8,10,14H,3,5,9,11-13H2,(H2,21,23,25,26)/t14-/m0/s1. The molecule has 28 heavy (non-hydrogen) atoms. The molecule has 0 saturated carbocycles. The highest BCUT2D eigenvalue weighted by atomic mass is 32.1. The molecule has 0 radical (unpaired) electrons. The number of rotatable bonds is 5. The number of benzene rings is 1. The van der Waals surface area contributed by atoms with Crippen LogP contribution in [0.5, 0.6) is 0 Å². The number of aromatic nitrogens is 1. The Hall–Kier alpha value is -2.71. The number of carbonyl (C=O) groups is 2. The Kier molecular flexibility index (Phi) is 5.68. The Morgan fingerprint density at radius 1 is 1.25 bits per heavy atom. The molecule has 146 valence electrons. The topological polar surface area (TPSA) is 87.5 Å². The van der Waals surface area contributed by atoms with Gasteiger partial charge in [-0.1, -0.05) is 12.1 Å². The van der Waals surface area contributed by atoms with E-state index in [0.29, 0.717) is 11.7 Å². The molecule has 7 nitrogen and oxygen atoms in total. The minimum atomic E-state index is -0.513. The van der Waals surface area contributed by atoms with Gasteiger partial charge in [-0.2, -0.15) is 0 Å². The number of furan rings is 1. The third-order valence-electron chi connectivity index (χ3n) is 4.79. The summed E-state index contributed by atoms with van der Waals surface area (Å²) in [4.78, 5) is 30.9. The third kappa shape index (κ3) is 4.58. The van der Waals surface area contributed by atoms with E-state index in [1.165, 1.54) is 11.0 Å². The van der Waals surface area contributed by atoms with Crippen LogP contribution in [0.4, 0.5) is 4.79 Å². The molecule has 2 aromatic heterocycles. The number of imide groups is 1. The van der Waals surface area contributed by atoms with Gasteiger partial charge in [-0.25, -0.2) is 9.78 Å². The van der Waals surface area contributed by atoms with Crippen molar-refractivity contribution in [3.05, 3.63) is 53.4 Å². The van der Waals surface area contributed by atoms with Gasteiger partial charge in [-0.15, -0.1) is 11.3 Å². The van der Waals surface area contributed by atoms with Crippen LogP contribution in [0.25, 0.3) is 10.2 Å². The summed E-state index contributed by atoms with van der Waals surface area (Å²) in [6.07, 6.45) is 3.62. The molecule has 0 bridgehead atoms. The molecule has 3 heterocycles. The first kappa shape index (κ1) is 18.6. The number of nitrogens with zero attached hydrogens (tertiary/aromatic N) is 2. The Morgan fingerprint density at radius 3 is 2.96 bits per heavy atom. The van der Waals surface area contributed by atoms with Crippen molar-refractivity contribution in [2.24, 2.45) is 0 Å². The van der Waals surface area contributed by atoms with Gasteiger partial charge >= 0.3 is 6.03 Å². The van der Waals surface area contributed by atoms with Crippen LogP contribution in [0.3, 0.4) is 0 Å². The highest BCUT2D eigenvalue weighted by Gasteiger charge is 2.25. The number of amides is 3. The lowest BCUT2D eigenvalue weighted by Crippen LogP contribution is -2.46.